The minimum absolute atomic E-state index is 0.911. The van der Waals surface area contributed by atoms with Crippen LogP contribution in [-0.4, -0.2) is 52.2 Å². The van der Waals surface area contributed by atoms with Gasteiger partial charge in [-0.1, -0.05) is 196 Å². The Kier molecular flexibility index (Phi) is 11.0. The van der Waals surface area contributed by atoms with Crippen LogP contribution in [0.2, 0.25) is 78.6 Å². The van der Waals surface area contributed by atoms with Crippen LogP contribution < -0.4 is 20.7 Å². The Labute approximate surface area is 384 Å². The molecule has 3 aromatic heterocycles. The summed E-state index contributed by atoms with van der Waals surface area (Å²) in [6.45, 7) is 28.9. The van der Waals surface area contributed by atoms with Crippen LogP contribution in [0.4, 0.5) is 0 Å². The van der Waals surface area contributed by atoms with Crippen LogP contribution in [-0.2, 0) is 0 Å². The minimum Gasteiger partial charge on any atom is -0.354 e. The van der Waals surface area contributed by atoms with Crippen LogP contribution in [0.3, 0.4) is 0 Å². The molecule has 9 rings (SSSR count). The van der Waals surface area contributed by atoms with Crippen molar-refractivity contribution in [3.8, 4) is 44.5 Å². The number of nitrogens with zero attached hydrogens (tertiary/aromatic N) is 2. The first-order valence-corrected chi connectivity index (χ1v) is 36.8. The lowest BCUT2D eigenvalue weighted by Crippen LogP contribution is -2.37. The van der Waals surface area contributed by atoms with Crippen LogP contribution in [0, 0.1) is 0 Å². The molecule has 7 aromatic rings. The van der Waals surface area contributed by atoms with Crippen molar-refractivity contribution in [2.24, 2.45) is 0 Å². The van der Waals surface area contributed by atoms with E-state index < -0.39 is 32.3 Å². The van der Waals surface area contributed by atoms with Gasteiger partial charge < -0.3 is 9.97 Å². The van der Waals surface area contributed by atoms with Gasteiger partial charge in [-0.15, -0.1) is 0 Å². The SMILES string of the molecule is C[Si](C)(C)c1ccc(-c2c3nc(c(-c4ccc([Si](C)(C)C)cc4)c4ccc([nH]4)c(-c4ccc([Si](C)(C)C)cc4)c4ccc([nH]4)c(-c4ccc([Si](C)(C)C)cc4)c4nc2C=C4)C=C3)cc1. The number of benzene rings is 4. The van der Waals surface area contributed by atoms with Crippen molar-refractivity contribution in [3.63, 3.8) is 0 Å². The third kappa shape index (κ3) is 8.52. The molecule has 0 aliphatic carbocycles. The highest BCUT2D eigenvalue weighted by Gasteiger charge is 2.23. The zero-order chi connectivity index (χ0) is 45.3. The Balaban J connectivity index is 1.42. The largest absolute Gasteiger partial charge is 0.354 e. The predicted molar refractivity (Wildman–Crippen MR) is 293 cm³/mol. The number of hydrogen-bond donors (Lipinski definition) is 2. The van der Waals surface area contributed by atoms with Crippen molar-refractivity contribution in [2.75, 3.05) is 0 Å². The van der Waals surface area contributed by atoms with E-state index in [4.69, 9.17) is 9.97 Å². The molecule has 8 bridgehead atoms. The number of aromatic nitrogens is 4. The van der Waals surface area contributed by atoms with Crippen LogP contribution in [0.1, 0.15) is 22.8 Å². The Morgan fingerprint density at radius 1 is 0.266 bits per heavy atom. The van der Waals surface area contributed by atoms with Crippen molar-refractivity contribution in [2.45, 2.75) is 78.6 Å². The second-order valence-corrected chi connectivity index (χ2v) is 42.1. The van der Waals surface area contributed by atoms with Gasteiger partial charge >= 0.3 is 0 Å². The normalized spacial score (nSPS) is 13.2. The highest BCUT2D eigenvalue weighted by molar-refractivity contribution is 6.90. The van der Waals surface area contributed by atoms with Crippen molar-refractivity contribution in [1.82, 2.24) is 19.9 Å². The molecule has 0 fully saturated rings. The molecule has 2 N–H and O–H groups in total. The predicted octanol–water partition coefficient (Wildman–Crippen LogP) is 13.5. The maximum Gasteiger partial charge on any atom is 0.0775 e. The summed E-state index contributed by atoms with van der Waals surface area (Å²) in [6.07, 6.45) is 8.78. The van der Waals surface area contributed by atoms with E-state index >= 15 is 0 Å². The summed E-state index contributed by atoms with van der Waals surface area (Å²) < 4.78 is 0. The van der Waals surface area contributed by atoms with Gasteiger partial charge in [-0.05, 0) is 70.8 Å². The molecular formula is C56H62N4Si4. The molecule has 0 atom stereocenters. The second kappa shape index (κ2) is 16.1. The summed E-state index contributed by atoms with van der Waals surface area (Å²) in [5, 5.41) is 5.75. The Bertz CT molecular complexity index is 2990. The first-order chi connectivity index (χ1) is 30.2. The van der Waals surface area contributed by atoms with E-state index in [9.17, 15) is 0 Å². The summed E-state index contributed by atoms with van der Waals surface area (Å²) in [4.78, 5) is 19.1. The second-order valence-electron chi connectivity index (χ2n) is 21.8. The lowest BCUT2D eigenvalue weighted by molar-refractivity contribution is 1.28. The topological polar surface area (TPSA) is 57.4 Å². The smallest absolute Gasteiger partial charge is 0.0775 e. The molecule has 64 heavy (non-hydrogen) atoms. The van der Waals surface area contributed by atoms with E-state index in [0.717, 1.165) is 89.4 Å². The molecule has 0 spiro atoms. The summed E-state index contributed by atoms with van der Waals surface area (Å²) in [5.74, 6) is 0. The third-order valence-electron chi connectivity index (χ3n) is 12.9. The van der Waals surface area contributed by atoms with Crippen molar-refractivity contribution in [1.29, 1.82) is 0 Å². The first kappa shape index (κ1) is 43.6. The van der Waals surface area contributed by atoms with Crippen LogP contribution in [0.5, 0.6) is 0 Å². The van der Waals surface area contributed by atoms with Crippen molar-refractivity contribution in [3.05, 3.63) is 144 Å². The lowest BCUT2D eigenvalue weighted by Gasteiger charge is -2.17. The molecule has 5 heterocycles. The number of H-pyrrole nitrogens is 2. The molecule has 4 nitrogen and oxygen atoms in total. The van der Waals surface area contributed by atoms with Gasteiger partial charge in [0.05, 0.1) is 55.1 Å². The van der Waals surface area contributed by atoms with Crippen molar-refractivity contribution >= 4 is 99.4 Å². The van der Waals surface area contributed by atoms with Gasteiger partial charge in [-0.3, -0.25) is 0 Å². The van der Waals surface area contributed by atoms with Gasteiger partial charge in [0.2, 0.25) is 0 Å². The van der Waals surface area contributed by atoms with Crippen LogP contribution >= 0.6 is 0 Å². The monoisotopic (exact) mass is 902 g/mol. The lowest BCUT2D eigenvalue weighted by atomic mass is 10.0. The van der Waals surface area contributed by atoms with Gasteiger partial charge in [0.1, 0.15) is 0 Å². The first-order valence-electron chi connectivity index (χ1n) is 22.8. The average molecular weight is 903 g/mol. The van der Waals surface area contributed by atoms with E-state index in [0.29, 0.717) is 0 Å². The minimum atomic E-state index is -1.53. The Hall–Kier alpha value is -5.65. The number of nitrogens with one attached hydrogen (secondary N) is 2. The molecular weight excluding hydrogens is 841 g/mol. The maximum atomic E-state index is 5.57. The van der Waals surface area contributed by atoms with Crippen LogP contribution in [0.25, 0.3) is 90.9 Å². The summed E-state index contributed by atoms with van der Waals surface area (Å²) >= 11 is 0. The van der Waals surface area contributed by atoms with Gasteiger partial charge in [-0.25, -0.2) is 9.97 Å². The fourth-order valence-corrected chi connectivity index (χ4v) is 13.6. The highest BCUT2D eigenvalue weighted by Crippen LogP contribution is 2.38. The summed E-state index contributed by atoms with van der Waals surface area (Å²) in [6, 6.07) is 46.0. The zero-order valence-corrected chi connectivity index (χ0v) is 43.8. The maximum absolute atomic E-state index is 5.57. The Morgan fingerprint density at radius 2 is 0.484 bits per heavy atom. The fourth-order valence-electron chi connectivity index (χ4n) is 8.97. The van der Waals surface area contributed by atoms with Gasteiger partial charge in [0.25, 0.3) is 0 Å². The van der Waals surface area contributed by atoms with E-state index in [1.54, 1.807) is 0 Å². The van der Waals surface area contributed by atoms with E-state index in [1.807, 2.05) is 0 Å². The number of aromatic amines is 2. The summed E-state index contributed by atoms with van der Waals surface area (Å²) in [5.41, 5.74) is 16.7. The van der Waals surface area contributed by atoms with Gasteiger partial charge in [-0.2, -0.15) is 0 Å². The molecule has 0 radical (unpaired) electrons. The van der Waals surface area contributed by atoms with Gasteiger partial charge in [0, 0.05) is 44.3 Å². The number of rotatable bonds is 8. The highest BCUT2D eigenvalue weighted by atomic mass is 28.3. The Morgan fingerprint density at radius 3 is 0.750 bits per heavy atom. The quantitative estimate of drug-likeness (QED) is 0.149. The standard InChI is InChI=1S/C56H62N4Si4/c1-61(2,3)41-21-13-37(14-22-41)53-45-29-31-47(57-45)54(38-15-23-42(24-16-38)62(4,5)6)49-33-35-51(59-49)56(40-19-27-44(28-20-40)64(10,11)12)52-36-34-50(60-52)55(48-32-30-46(53)58-48)39-17-25-43(26-18-39)63(7,8)9/h13-36,57-58H,1-12H3. The third-order valence-corrected chi connectivity index (χ3v) is 21.2. The zero-order valence-electron chi connectivity index (χ0n) is 39.8. The molecule has 2 aliphatic heterocycles. The summed E-state index contributed by atoms with van der Waals surface area (Å²) in [7, 11) is -6.09. The molecule has 8 heteroatoms. The molecule has 0 saturated heterocycles. The molecule has 322 valence electrons. The van der Waals surface area contributed by atoms with E-state index in [2.05, 4.69) is 234 Å². The molecule has 0 amide bonds. The molecule has 4 aromatic carbocycles. The molecule has 2 aliphatic rings. The molecule has 0 saturated carbocycles. The number of hydrogen-bond acceptors (Lipinski definition) is 2. The fraction of sp³-hybridized carbons (Fsp3) is 0.214. The van der Waals surface area contributed by atoms with Gasteiger partial charge in [0.15, 0.2) is 0 Å². The molecule has 0 unspecified atom stereocenters. The average Bonchev–Trinajstić information content (AvgIpc) is 4.08. The van der Waals surface area contributed by atoms with Crippen LogP contribution in [0.15, 0.2) is 121 Å². The van der Waals surface area contributed by atoms with E-state index in [-0.39, 0.29) is 0 Å². The van der Waals surface area contributed by atoms with Crippen molar-refractivity contribution < 1.29 is 0 Å². The number of fused-ring (bicyclic) bond motifs is 8. The van der Waals surface area contributed by atoms with E-state index in [1.165, 1.54) is 20.7 Å².